The smallest absolute Gasteiger partial charge is 0.325 e. The zero-order chi connectivity index (χ0) is 20.9. The summed E-state index contributed by atoms with van der Waals surface area (Å²) in [7, 11) is 0. The van der Waals surface area contributed by atoms with Gasteiger partial charge in [0.25, 0.3) is 5.91 Å². The number of hydrogen-bond acceptors (Lipinski definition) is 3. The van der Waals surface area contributed by atoms with E-state index in [2.05, 4.69) is 17.6 Å². The van der Waals surface area contributed by atoms with Crippen molar-refractivity contribution in [2.75, 3.05) is 6.54 Å². The van der Waals surface area contributed by atoms with E-state index < -0.39 is 11.6 Å². The lowest BCUT2D eigenvalue weighted by Crippen LogP contribution is -2.57. The van der Waals surface area contributed by atoms with Crippen molar-refractivity contribution in [2.24, 2.45) is 23.2 Å². The number of amides is 4. The van der Waals surface area contributed by atoms with Crippen LogP contribution in [0.2, 0.25) is 0 Å². The van der Waals surface area contributed by atoms with Gasteiger partial charge in [-0.3, -0.25) is 14.5 Å². The fourth-order valence-electron chi connectivity index (χ4n) is 7.96. The Kier molecular flexibility index (Phi) is 5.10. The molecule has 1 spiro atoms. The molecule has 1 atom stereocenters. The third-order valence-corrected chi connectivity index (χ3v) is 9.14. The van der Waals surface area contributed by atoms with Crippen LogP contribution in [0.15, 0.2) is 0 Å². The molecule has 1 aliphatic heterocycles. The summed E-state index contributed by atoms with van der Waals surface area (Å²) in [5, 5.41) is 6.17. The van der Waals surface area contributed by atoms with Gasteiger partial charge < -0.3 is 10.6 Å². The molecule has 0 aromatic rings. The predicted molar refractivity (Wildman–Crippen MR) is 114 cm³/mol. The first-order chi connectivity index (χ1) is 14.4. The highest BCUT2D eigenvalue weighted by atomic mass is 16.2. The van der Waals surface area contributed by atoms with E-state index in [1.807, 2.05) is 0 Å². The topological polar surface area (TPSA) is 78.5 Å². The third kappa shape index (κ3) is 3.44. The third-order valence-electron chi connectivity index (χ3n) is 9.14. The Bertz CT molecular complexity index is 690. The molecule has 6 rings (SSSR count). The first-order valence-electron chi connectivity index (χ1n) is 12.3. The molecule has 1 saturated heterocycles. The molecular formula is C24H37N3O3. The highest BCUT2D eigenvalue weighted by Crippen LogP contribution is 2.61. The summed E-state index contributed by atoms with van der Waals surface area (Å²) in [4.78, 5) is 39.8. The van der Waals surface area contributed by atoms with E-state index >= 15 is 0 Å². The zero-order valence-electron chi connectivity index (χ0n) is 18.4. The molecule has 4 amide bonds. The fourth-order valence-corrected chi connectivity index (χ4v) is 7.96. The van der Waals surface area contributed by atoms with Crippen LogP contribution in [0.25, 0.3) is 0 Å². The molecule has 6 fully saturated rings. The Hall–Kier alpha value is -1.59. The van der Waals surface area contributed by atoms with Gasteiger partial charge in [-0.1, -0.05) is 32.1 Å². The van der Waals surface area contributed by atoms with Crippen molar-refractivity contribution < 1.29 is 14.4 Å². The molecule has 0 radical (unpaired) electrons. The molecule has 6 nitrogen and oxygen atoms in total. The van der Waals surface area contributed by atoms with Crippen molar-refractivity contribution in [1.82, 2.24) is 15.5 Å². The quantitative estimate of drug-likeness (QED) is 0.687. The summed E-state index contributed by atoms with van der Waals surface area (Å²) in [5.74, 6) is 2.12. The minimum atomic E-state index is -0.774. The van der Waals surface area contributed by atoms with Crippen molar-refractivity contribution in [3.63, 3.8) is 0 Å². The monoisotopic (exact) mass is 415 g/mol. The van der Waals surface area contributed by atoms with Crippen LogP contribution in [-0.2, 0) is 9.59 Å². The van der Waals surface area contributed by atoms with E-state index in [9.17, 15) is 14.4 Å². The number of nitrogens with one attached hydrogen (secondary N) is 2. The lowest BCUT2D eigenvalue weighted by atomic mass is 9.48. The highest BCUT2D eigenvalue weighted by molar-refractivity contribution is 6.09. The van der Waals surface area contributed by atoms with Crippen LogP contribution in [0.4, 0.5) is 4.79 Å². The fraction of sp³-hybridized carbons (Fsp3) is 0.875. The van der Waals surface area contributed by atoms with Crippen LogP contribution >= 0.6 is 0 Å². The van der Waals surface area contributed by atoms with Crippen LogP contribution in [0.3, 0.4) is 0 Å². The standard InChI is InChI=1S/C24H37N3O3/c1-16(23-12-17-9-18(13-23)11-19(10-17)14-23)25-20(28)15-27-21(29)24(26-22(27)30)7-5-3-2-4-6-8-24/h16-19H,2-15H2,1H3,(H,25,28)(H,26,30). The SMILES string of the molecule is CC(NC(=O)CN1C(=O)NC2(CCCCCCC2)C1=O)C12CC3CC(CC(C3)C1)C2. The predicted octanol–water partition coefficient (Wildman–Crippen LogP) is 3.74. The Labute approximate surface area is 179 Å². The van der Waals surface area contributed by atoms with Crippen LogP contribution < -0.4 is 10.6 Å². The largest absolute Gasteiger partial charge is 0.352 e. The van der Waals surface area contributed by atoms with Gasteiger partial charge in [-0.05, 0) is 81.5 Å². The van der Waals surface area contributed by atoms with E-state index in [4.69, 9.17) is 0 Å². The lowest BCUT2D eigenvalue weighted by molar-refractivity contribution is -0.136. The van der Waals surface area contributed by atoms with Gasteiger partial charge >= 0.3 is 6.03 Å². The molecule has 2 N–H and O–H groups in total. The van der Waals surface area contributed by atoms with Crippen molar-refractivity contribution in [1.29, 1.82) is 0 Å². The molecule has 5 saturated carbocycles. The summed E-state index contributed by atoms with van der Waals surface area (Å²) < 4.78 is 0. The molecule has 6 aliphatic rings. The van der Waals surface area contributed by atoms with Crippen molar-refractivity contribution >= 4 is 17.8 Å². The summed E-state index contributed by atoms with van der Waals surface area (Å²) in [6, 6.07) is -0.285. The number of carbonyl (C=O) groups excluding carboxylic acids is 3. The molecule has 0 aromatic heterocycles. The van der Waals surface area contributed by atoms with Crippen LogP contribution in [-0.4, -0.2) is 40.9 Å². The second-order valence-corrected chi connectivity index (χ2v) is 11.2. The maximum absolute atomic E-state index is 13.2. The number of imide groups is 1. The van der Waals surface area contributed by atoms with Crippen LogP contribution in [0.1, 0.15) is 90.4 Å². The maximum atomic E-state index is 13.2. The molecule has 0 aromatic carbocycles. The highest BCUT2D eigenvalue weighted by Gasteiger charge is 2.54. The van der Waals surface area contributed by atoms with Crippen LogP contribution in [0.5, 0.6) is 0 Å². The van der Waals surface area contributed by atoms with Gasteiger partial charge in [0.2, 0.25) is 5.91 Å². The Morgan fingerprint density at radius 3 is 2.10 bits per heavy atom. The van der Waals surface area contributed by atoms with Gasteiger partial charge in [-0.15, -0.1) is 0 Å². The van der Waals surface area contributed by atoms with Gasteiger partial charge in [0.15, 0.2) is 0 Å². The molecule has 1 heterocycles. The number of hydrogen-bond donors (Lipinski definition) is 2. The number of carbonyl (C=O) groups is 3. The number of rotatable bonds is 4. The van der Waals surface area contributed by atoms with E-state index in [0.717, 1.165) is 43.4 Å². The first kappa shape index (κ1) is 20.3. The Morgan fingerprint density at radius 2 is 1.53 bits per heavy atom. The minimum Gasteiger partial charge on any atom is -0.352 e. The van der Waals surface area contributed by atoms with Gasteiger partial charge in [0, 0.05) is 6.04 Å². The Balaban J connectivity index is 1.22. The van der Waals surface area contributed by atoms with Gasteiger partial charge in [0.05, 0.1) is 0 Å². The average molecular weight is 416 g/mol. The molecule has 1 unspecified atom stereocenters. The summed E-state index contributed by atoms with van der Waals surface area (Å²) >= 11 is 0. The van der Waals surface area contributed by atoms with E-state index in [1.54, 1.807) is 0 Å². The van der Waals surface area contributed by atoms with Crippen molar-refractivity contribution in [3.05, 3.63) is 0 Å². The summed E-state index contributed by atoms with van der Waals surface area (Å²) in [5.41, 5.74) is -0.550. The average Bonchev–Trinajstić information content (AvgIpc) is 2.88. The van der Waals surface area contributed by atoms with E-state index in [-0.39, 0.29) is 29.8 Å². The van der Waals surface area contributed by atoms with E-state index in [1.165, 1.54) is 49.8 Å². The minimum absolute atomic E-state index is 0.106. The molecule has 4 bridgehead atoms. The molecule has 6 heteroatoms. The van der Waals surface area contributed by atoms with Gasteiger partial charge in [-0.2, -0.15) is 0 Å². The maximum Gasteiger partial charge on any atom is 0.325 e. The summed E-state index contributed by atoms with van der Waals surface area (Å²) in [6.45, 7) is 2.00. The first-order valence-corrected chi connectivity index (χ1v) is 12.3. The number of urea groups is 1. The van der Waals surface area contributed by atoms with Gasteiger partial charge in [-0.25, -0.2) is 4.79 Å². The summed E-state index contributed by atoms with van der Waals surface area (Å²) in [6.07, 6.45) is 14.5. The second-order valence-electron chi connectivity index (χ2n) is 11.2. The second kappa shape index (κ2) is 7.52. The van der Waals surface area contributed by atoms with E-state index in [0.29, 0.717) is 12.8 Å². The lowest BCUT2D eigenvalue weighted by Gasteiger charge is -2.59. The van der Waals surface area contributed by atoms with Gasteiger partial charge in [0.1, 0.15) is 12.1 Å². The van der Waals surface area contributed by atoms with Crippen LogP contribution in [0, 0.1) is 23.2 Å². The Morgan fingerprint density at radius 1 is 1.00 bits per heavy atom. The normalized spacial score (nSPS) is 38.3. The molecular weight excluding hydrogens is 378 g/mol. The molecule has 166 valence electrons. The van der Waals surface area contributed by atoms with Crippen molar-refractivity contribution in [3.8, 4) is 0 Å². The number of nitrogens with zero attached hydrogens (tertiary/aromatic N) is 1. The molecule has 30 heavy (non-hydrogen) atoms. The molecule has 5 aliphatic carbocycles. The van der Waals surface area contributed by atoms with Crippen molar-refractivity contribution in [2.45, 2.75) is 102 Å². The zero-order valence-corrected chi connectivity index (χ0v) is 18.4.